The van der Waals surface area contributed by atoms with E-state index >= 15 is 0 Å². The molecule has 41 heavy (non-hydrogen) atoms. The molecule has 11 heteroatoms. The predicted molar refractivity (Wildman–Crippen MR) is 154 cm³/mol. The van der Waals surface area contributed by atoms with E-state index in [0.29, 0.717) is 13.0 Å². The van der Waals surface area contributed by atoms with Gasteiger partial charge >= 0.3 is 5.97 Å². The Morgan fingerprint density at radius 2 is 1.71 bits per heavy atom. The average Bonchev–Trinajstić information content (AvgIpc) is 2.89. The van der Waals surface area contributed by atoms with Crippen LogP contribution in [0.25, 0.3) is 4.85 Å². The lowest BCUT2D eigenvalue weighted by Crippen LogP contribution is -2.59. The van der Waals surface area contributed by atoms with Crippen molar-refractivity contribution in [2.45, 2.75) is 135 Å². The molecule has 2 rings (SSSR count). The van der Waals surface area contributed by atoms with Gasteiger partial charge in [0.15, 0.2) is 6.29 Å². The number of esters is 1. The van der Waals surface area contributed by atoms with Gasteiger partial charge < -0.3 is 44.6 Å². The first-order valence-corrected chi connectivity index (χ1v) is 14.9. The number of hydrogen-bond acceptors (Lipinski definition) is 10. The summed E-state index contributed by atoms with van der Waals surface area (Å²) in [7, 11) is 3.40. The van der Waals surface area contributed by atoms with Gasteiger partial charge in [0, 0.05) is 18.5 Å². The molecule has 2 saturated heterocycles. The fourth-order valence-electron chi connectivity index (χ4n) is 6.54. The average molecular weight is 588 g/mol. The number of hydrogen-bond donors (Lipinski definition) is 5. The summed E-state index contributed by atoms with van der Waals surface area (Å²) in [6.45, 7) is 14.1. The number of nitrogens with zero attached hydrogens (tertiary/aromatic N) is 2. The molecule has 2 heterocycles. The van der Waals surface area contributed by atoms with E-state index in [2.05, 4.69) is 10.9 Å². The number of rotatable bonds is 3. The summed E-state index contributed by atoms with van der Waals surface area (Å²) in [5, 5.41) is 56.8. The Kier molecular flexibility index (Phi) is 12.6. The Labute approximate surface area is 245 Å². The molecule has 14 atom stereocenters. The van der Waals surface area contributed by atoms with Gasteiger partial charge in [-0.2, -0.15) is 0 Å². The van der Waals surface area contributed by atoms with E-state index in [1.807, 2.05) is 25.8 Å². The van der Waals surface area contributed by atoms with Crippen LogP contribution >= 0.6 is 0 Å². The van der Waals surface area contributed by atoms with E-state index in [1.165, 1.54) is 13.8 Å². The van der Waals surface area contributed by atoms with Gasteiger partial charge in [0.05, 0.1) is 29.8 Å². The van der Waals surface area contributed by atoms with E-state index in [-0.39, 0.29) is 24.9 Å². The lowest BCUT2D eigenvalue weighted by atomic mass is 9.78. The van der Waals surface area contributed by atoms with Gasteiger partial charge in [0.1, 0.15) is 29.8 Å². The van der Waals surface area contributed by atoms with Gasteiger partial charge in [-0.3, -0.25) is 4.79 Å². The normalized spacial score (nSPS) is 47.8. The van der Waals surface area contributed by atoms with Crippen molar-refractivity contribution in [1.29, 1.82) is 0 Å². The van der Waals surface area contributed by atoms with Crippen LogP contribution in [0.2, 0.25) is 0 Å². The quantitative estimate of drug-likeness (QED) is 0.308. The summed E-state index contributed by atoms with van der Waals surface area (Å²) >= 11 is 0. The first-order chi connectivity index (χ1) is 18.9. The zero-order valence-corrected chi connectivity index (χ0v) is 26.5. The topological polar surface area (TPSA) is 154 Å². The maximum absolute atomic E-state index is 13.3. The van der Waals surface area contributed by atoms with Crippen molar-refractivity contribution >= 4 is 5.97 Å². The van der Waals surface area contributed by atoms with Crippen molar-refractivity contribution in [2.24, 2.45) is 23.7 Å². The van der Waals surface area contributed by atoms with E-state index in [0.717, 1.165) is 0 Å². The van der Waals surface area contributed by atoms with Crippen LogP contribution in [0.5, 0.6) is 0 Å². The molecule has 2 aliphatic heterocycles. The molecule has 0 aliphatic carbocycles. The number of carbonyl (C=O) groups is 1. The van der Waals surface area contributed by atoms with Crippen molar-refractivity contribution in [1.82, 2.24) is 4.90 Å². The molecule has 2 aliphatic rings. The Morgan fingerprint density at radius 3 is 2.27 bits per heavy atom. The Hall–Kier alpha value is -1.36. The standard InChI is InChI=1S/C30H55N2O9/c1-11-22-30(8,38)25(35)20(6)32(10)15-16(2)13-29(7,37)26(18(4)23(33)19(5)27(36)40-22)41-28-24(34)21(14-31-9)12-17(3)39-28/h16-26,28,33-35,37-38H,11-13,15H2,1-10H3/q+1/t16-,17-,18+,19-,20-,21?,22-,23+,24-,25-,26-,28+,29-,30-/m1/s1. The molecule has 2 fully saturated rings. The molecule has 5 N–H and O–H groups in total. The van der Waals surface area contributed by atoms with Crippen LogP contribution in [0.15, 0.2) is 0 Å². The highest BCUT2D eigenvalue weighted by Gasteiger charge is 2.50. The lowest BCUT2D eigenvalue weighted by molar-refractivity contribution is -0.295. The van der Waals surface area contributed by atoms with E-state index < -0.39 is 77.8 Å². The van der Waals surface area contributed by atoms with Gasteiger partial charge in [-0.1, -0.05) is 25.6 Å². The summed E-state index contributed by atoms with van der Waals surface area (Å²) in [6.07, 6.45) is -6.16. The minimum Gasteiger partial charge on any atom is -0.459 e. The second kappa shape index (κ2) is 14.4. The summed E-state index contributed by atoms with van der Waals surface area (Å²) in [5.41, 5.74) is -3.28. The second-order valence-electron chi connectivity index (χ2n) is 13.0. The highest BCUT2D eigenvalue weighted by molar-refractivity contribution is 5.73. The Bertz CT molecular complexity index is 919. The molecule has 0 radical (unpaired) electrons. The number of cyclic esters (lactones) is 1. The third-order valence-corrected chi connectivity index (χ3v) is 9.13. The largest absolute Gasteiger partial charge is 0.459 e. The van der Waals surface area contributed by atoms with Crippen LogP contribution in [0.3, 0.4) is 0 Å². The molecule has 0 aromatic heterocycles. The van der Waals surface area contributed by atoms with Crippen LogP contribution in [-0.2, 0) is 19.0 Å². The molecule has 0 aromatic carbocycles. The summed E-state index contributed by atoms with van der Waals surface area (Å²) in [4.78, 5) is 19.1. The van der Waals surface area contributed by atoms with Crippen molar-refractivity contribution in [3.8, 4) is 6.07 Å². The maximum atomic E-state index is 13.3. The highest BCUT2D eigenvalue weighted by Crippen LogP contribution is 2.37. The lowest BCUT2D eigenvalue weighted by Gasteiger charge is -2.44. The zero-order chi connectivity index (χ0) is 31.4. The molecule has 238 valence electrons. The monoisotopic (exact) mass is 587 g/mol. The third-order valence-electron chi connectivity index (χ3n) is 9.13. The van der Waals surface area contributed by atoms with Gasteiger partial charge in [0.2, 0.25) is 0 Å². The summed E-state index contributed by atoms with van der Waals surface area (Å²) < 4.78 is 18.0. The number of carbonyl (C=O) groups excluding carboxylic acids is 1. The predicted octanol–water partition coefficient (Wildman–Crippen LogP) is 1.62. The highest BCUT2D eigenvalue weighted by atomic mass is 16.7. The molecule has 0 amide bonds. The third kappa shape index (κ3) is 8.39. The van der Waals surface area contributed by atoms with Crippen LogP contribution in [0, 0.1) is 29.7 Å². The number of ether oxygens (including phenoxy) is 3. The van der Waals surface area contributed by atoms with Gasteiger partial charge in [-0.15, -0.1) is 0 Å². The van der Waals surface area contributed by atoms with Gasteiger partial charge in [0.25, 0.3) is 13.1 Å². The van der Waals surface area contributed by atoms with E-state index in [9.17, 15) is 30.3 Å². The minimum absolute atomic E-state index is 0.114. The molecular formula is C30H55N2O9+. The molecule has 11 nitrogen and oxygen atoms in total. The van der Waals surface area contributed by atoms with E-state index in [1.54, 1.807) is 34.7 Å². The van der Waals surface area contributed by atoms with Crippen molar-refractivity contribution in [2.75, 3.05) is 20.6 Å². The fourth-order valence-corrected chi connectivity index (χ4v) is 6.54. The SMILES string of the molecule is CC[C@H]1OC(=O)[C@H](C)[C@@H](O)[C@H](C)[C@@H](O[C@@H]2O[C@H](C)CC(C#[N+]C)[C@H]2O)[C@](C)(O)C[C@@H](C)CN(C)[C@H](C)[C@@H](O)[C@]1(C)O. The molecule has 0 spiro atoms. The second-order valence-corrected chi connectivity index (χ2v) is 13.0. The van der Waals surface area contributed by atoms with Crippen LogP contribution in [0.1, 0.15) is 74.7 Å². The van der Waals surface area contributed by atoms with Crippen molar-refractivity contribution in [3.05, 3.63) is 4.85 Å². The van der Waals surface area contributed by atoms with Gasteiger partial charge in [-0.05, 0) is 66.8 Å². The Morgan fingerprint density at radius 1 is 1.10 bits per heavy atom. The fraction of sp³-hybridized carbons (Fsp3) is 0.933. The van der Waals surface area contributed by atoms with Crippen molar-refractivity contribution < 1.29 is 44.5 Å². The Balaban J connectivity index is 2.53. The van der Waals surface area contributed by atoms with Crippen LogP contribution in [-0.4, -0.2) is 117 Å². The molecular weight excluding hydrogens is 532 g/mol. The minimum atomic E-state index is -1.75. The first-order valence-electron chi connectivity index (χ1n) is 14.9. The molecule has 0 saturated carbocycles. The van der Waals surface area contributed by atoms with E-state index in [4.69, 9.17) is 14.2 Å². The van der Waals surface area contributed by atoms with Gasteiger partial charge in [-0.25, -0.2) is 0 Å². The maximum Gasteiger partial charge on any atom is 0.311 e. The smallest absolute Gasteiger partial charge is 0.311 e. The van der Waals surface area contributed by atoms with Crippen LogP contribution < -0.4 is 0 Å². The molecule has 0 aromatic rings. The first kappa shape index (κ1) is 35.8. The number of aliphatic hydroxyl groups excluding tert-OH is 3. The molecule has 0 bridgehead atoms. The molecule has 1 unspecified atom stereocenters. The zero-order valence-electron chi connectivity index (χ0n) is 26.5. The van der Waals surface area contributed by atoms with Crippen LogP contribution in [0.4, 0.5) is 0 Å². The van der Waals surface area contributed by atoms with Crippen molar-refractivity contribution in [3.63, 3.8) is 0 Å². The number of likely N-dealkylation sites (N-methyl/N-ethyl adjacent to an activating group) is 1. The summed E-state index contributed by atoms with van der Waals surface area (Å²) in [5.74, 6) is -3.15. The number of aliphatic hydroxyl groups is 5. The summed E-state index contributed by atoms with van der Waals surface area (Å²) in [6, 6.07) is 2.38.